The number of carbonyl (C=O) groups excluding carboxylic acids is 2. The van der Waals surface area contributed by atoms with Crippen LogP contribution in [-0.2, 0) is 14.9 Å². The Morgan fingerprint density at radius 2 is 1.96 bits per heavy atom. The fraction of sp³-hybridized carbons (Fsp3) is 0.591. The van der Waals surface area contributed by atoms with Crippen LogP contribution in [0.5, 0.6) is 0 Å². The zero-order valence-electron chi connectivity index (χ0n) is 16.8. The van der Waals surface area contributed by atoms with Crippen LogP contribution in [0.1, 0.15) is 59.4 Å². The minimum atomic E-state index is -0.611. The van der Waals surface area contributed by atoms with Gasteiger partial charge < -0.3 is 4.74 Å². The molecule has 2 aliphatic heterocycles. The van der Waals surface area contributed by atoms with Crippen molar-refractivity contribution < 1.29 is 14.3 Å². The van der Waals surface area contributed by atoms with Crippen LogP contribution >= 0.6 is 0 Å². The molecule has 3 atom stereocenters. The number of ketones is 1. The first-order valence-electron chi connectivity index (χ1n) is 9.82. The number of hydrogen-bond acceptors (Lipinski definition) is 4. The fourth-order valence-electron chi connectivity index (χ4n) is 5.19. The molecule has 0 unspecified atom stereocenters. The lowest BCUT2D eigenvalue weighted by atomic mass is 9.60. The number of likely N-dealkylation sites (tertiary alicyclic amines) is 1. The predicted molar refractivity (Wildman–Crippen MR) is 105 cm³/mol. The van der Waals surface area contributed by atoms with Crippen molar-refractivity contribution >= 4 is 23.3 Å². The van der Waals surface area contributed by atoms with E-state index in [9.17, 15) is 9.59 Å². The SMILES string of the molecule is C[C@H]1C(=O)CC[C@@]2(C)C3=Nc4ccccc4[C@]31CCN2C(=O)OC(C)(C)C. The molecule has 0 radical (unpaired) electrons. The van der Waals surface area contributed by atoms with Gasteiger partial charge in [0.1, 0.15) is 11.4 Å². The maximum absolute atomic E-state index is 13.0. The van der Waals surface area contributed by atoms with Crippen LogP contribution in [0.25, 0.3) is 0 Å². The summed E-state index contributed by atoms with van der Waals surface area (Å²) in [5.41, 5.74) is 1.46. The highest BCUT2D eigenvalue weighted by Gasteiger charge is 2.62. The molecule has 1 amide bonds. The second kappa shape index (κ2) is 5.66. The van der Waals surface area contributed by atoms with Crippen molar-refractivity contribution in [2.75, 3.05) is 6.54 Å². The molecule has 0 aromatic heterocycles. The maximum Gasteiger partial charge on any atom is 0.411 e. The number of piperidine rings is 1. The number of Topliss-reactive ketones (excluding diaryl/α,β-unsaturated/α-hetero) is 1. The molecule has 1 aliphatic carbocycles. The van der Waals surface area contributed by atoms with Gasteiger partial charge >= 0.3 is 6.09 Å². The molecule has 2 fully saturated rings. The Morgan fingerprint density at radius 3 is 2.67 bits per heavy atom. The summed E-state index contributed by atoms with van der Waals surface area (Å²) >= 11 is 0. The molecule has 3 aliphatic rings. The molecule has 1 saturated carbocycles. The first-order valence-corrected chi connectivity index (χ1v) is 9.82. The molecule has 2 heterocycles. The Labute approximate surface area is 160 Å². The summed E-state index contributed by atoms with van der Waals surface area (Å²) in [6.45, 7) is 10.3. The number of rotatable bonds is 0. The van der Waals surface area contributed by atoms with Crippen LogP contribution in [0.4, 0.5) is 10.5 Å². The van der Waals surface area contributed by atoms with E-state index in [1.165, 1.54) is 0 Å². The number of amides is 1. The molecule has 4 rings (SSSR count). The van der Waals surface area contributed by atoms with Crippen molar-refractivity contribution in [1.29, 1.82) is 0 Å². The van der Waals surface area contributed by atoms with E-state index in [-0.39, 0.29) is 17.8 Å². The van der Waals surface area contributed by atoms with E-state index in [1.807, 2.05) is 50.8 Å². The van der Waals surface area contributed by atoms with Crippen molar-refractivity contribution in [1.82, 2.24) is 4.90 Å². The summed E-state index contributed by atoms with van der Waals surface area (Å²) in [7, 11) is 0. The highest BCUT2D eigenvalue weighted by atomic mass is 16.6. The van der Waals surface area contributed by atoms with Crippen LogP contribution in [0.3, 0.4) is 0 Å². The summed E-state index contributed by atoms with van der Waals surface area (Å²) in [6, 6.07) is 8.12. The van der Waals surface area contributed by atoms with E-state index in [0.717, 1.165) is 17.0 Å². The van der Waals surface area contributed by atoms with Gasteiger partial charge in [0.2, 0.25) is 0 Å². The Kier molecular flexibility index (Phi) is 3.82. The topological polar surface area (TPSA) is 59.0 Å². The number of nitrogens with zero attached hydrogens (tertiary/aromatic N) is 2. The average molecular weight is 368 g/mol. The number of benzene rings is 1. The molecular formula is C22H28N2O3. The summed E-state index contributed by atoms with van der Waals surface area (Å²) in [4.78, 5) is 32.8. The highest BCUT2D eigenvalue weighted by Crippen LogP contribution is 2.56. The fourth-order valence-corrected chi connectivity index (χ4v) is 5.19. The van der Waals surface area contributed by atoms with Gasteiger partial charge in [0.15, 0.2) is 0 Å². The zero-order valence-corrected chi connectivity index (χ0v) is 16.8. The molecular weight excluding hydrogens is 340 g/mol. The molecule has 5 heteroatoms. The molecule has 144 valence electrons. The van der Waals surface area contributed by atoms with Gasteiger partial charge in [-0.25, -0.2) is 4.79 Å². The Balaban J connectivity index is 1.86. The molecule has 27 heavy (non-hydrogen) atoms. The molecule has 0 spiro atoms. The van der Waals surface area contributed by atoms with Gasteiger partial charge in [-0.15, -0.1) is 0 Å². The van der Waals surface area contributed by atoms with Crippen LogP contribution in [0.15, 0.2) is 29.3 Å². The van der Waals surface area contributed by atoms with Crippen LogP contribution in [0, 0.1) is 5.92 Å². The lowest BCUT2D eigenvalue weighted by Gasteiger charge is -2.52. The van der Waals surface area contributed by atoms with E-state index in [0.29, 0.717) is 25.8 Å². The molecule has 1 aromatic carbocycles. The number of para-hydroxylation sites is 1. The number of hydrogen-bond donors (Lipinski definition) is 0. The Bertz CT molecular complexity index is 853. The van der Waals surface area contributed by atoms with Gasteiger partial charge in [-0.05, 0) is 52.2 Å². The largest absolute Gasteiger partial charge is 0.444 e. The normalized spacial score (nSPS) is 32.3. The second-order valence-corrected chi connectivity index (χ2v) is 9.29. The summed E-state index contributed by atoms with van der Waals surface area (Å²) < 4.78 is 5.70. The zero-order chi connectivity index (χ0) is 19.6. The van der Waals surface area contributed by atoms with Crippen molar-refractivity contribution in [3.63, 3.8) is 0 Å². The second-order valence-electron chi connectivity index (χ2n) is 9.29. The van der Waals surface area contributed by atoms with E-state index in [1.54, 1.807) is 0 Å². The molecule has 0 N–H and O–H groups in total. The molecule has 1 saturated heterocycles. The van der Waals surface area contributed by atoms with Gasteiger partial charge in [-0.1, -0.05) is 25.1 Å². The minimum Gasteiger partial charge on any atom is -0.444 e. The summed E-state index contributed by atoms with van der Waals surface area (Å²) in [5, 5.41) is 0. The van der Waals surface area contributed by atoms with Gasteiger partial charge in [-0.3, -0.25) is 14.7 Å². The van der Waals surface area contributed by atoms with E-state index in [4.69, 9.17) is 9.73 Å². The van der Waals surface area contributed by atoms with Crippen LogP contribution in [0.2, 0.25) is 0 Å². The van der Waals surface area contributed by atoms with Gasteiger partial charge in [-0.2, -0.15) is 0 Å². The monoisotopic (exact) mass is 368 g/mol. The van der Waals surface area contributed by atoms with E-state index >= 15 is 0 Å². The highest BCUT2D eigenvalue weighted by molar-refractivity contribution is 6.13. The lowest BCUT2D eigenvalue weighted by molar-refractivity contribution is -0.123. The van der Waals surface area contributed by atoms with Gasteiger partial charge in [0.05, 0.1) is 16.9 Å². The summed E-state index contributed by atoms with van der Waals surface area (Å²) in [6.07, 6.45) is 1.42. The number of fused-ring (bicyclic) bond motifs is 1. The number of aliphatic imine (C=N–C) groups is 1. The first kappa shape index (κ1) is 18.2. The number of ether oxygens (including phenoxy) is 1. The standard InChI is InChI=1S/C22H28N2O3/c1-14-17(25)10-11-21(5)18-22(14,15-8-6-7-9-16(15)23-18)12-13-24(21)19(26)27-20(2,3)4/h6-9,14H,10-13H2,1-5H3/t14-,21-,22+/m0/s1. The Morgan fingerprint density at radius 1 is 1.26 bits per heavy atom. The lowest BCUT2D eigenvalue weighted by Crippen LogP contribution is -2.65. The maximum atomic E-state index is 13.0. The van der Waals surface area contributed by atoms with Crippen LogP contribution < -0.4 is 0 Å². The smallest absolute Gasteiger partial charge is 0.411 e. The molecule has 5 nitrogen and oxygen atoms in total. The van der Waals surface area contributed by atoms with Crippen molar-refractivity contribution in [2.24, 2.45) is 10.9 Å². The first-order chi connectivity index (χ1) is 12.6. The van der Waals surface area contributed by atoms with E-state index in [2.05, 4.69) is 13.0 Å². The third kappa shape index (κ3) is 2.47. The van der Waals surface area contributed by atoms with Crippen molar-refractivity contribution in [2.45, 2.75) is 70.4 Å². The number of carbonyl (C=O) groups is 2. The van der Waals surface area contributed by atoms with E-state index < -0.39 is 16.6 Å². The minimum absolute atomic E-state index is 0.137. The van der Waals surface area contributed by atoms with Gasteiger partial charge in [0, 0.05) is 24.3 Å². The predicted octanol–water partition coefficient (Wildman–Crippen LogP) is 4.41. The van der Waals surface area contributed by atoms with Crippen molar-refractivity contribution in [3.8, 4) is 0 Å². The third-order valence-electron chi connectivity index (χ3n) is 6.57. The van der Waals surface area contributed by atoms with Crippen molar-refractivity contribution in [3.05, 3.63) is 29.8 Å². The van der Waals surface area contributed by atoms with Gasteiger partial charge in [0.25, 0.3) is 0 Å². The average Bonchev–Trinajstić information content (AvgIpc) is 2.92. The molecule has 1 aromatic rings. The third-order valence-corrected chi connectivity index (χ3v) is 6.57. The Hall–Kier alpha value is -2.17. The van der Waals surface area contributed by atoms with Crippen LogP contribution in [-0.4, -0.2) is 40.2 Å². The molecule has 2 bridgehead atoms. The quantitative estimate of drug-likeness (QED) is 0.681. The summed E-state index contributed by atoms with van der Waals surface area (Å²) in [5.74, 6) is 0.122.